The van der Waals surface area contributed by atoms with Gasteiger partial charge in [-0.2, -0.15) is 0 Å². The highest BCUT2D eigenvalue weighted by molar-refractivity contribution is 4.89. The van der Waals surface area contributed by atoms with Crippen molar-refractivity contribution in [2.24, 2.45) is 5.92 Å². The van der Waals surface area contributed by atoms with Gasteiger partial charge in [0, 0.05) is 6.04 Å². The van der Waals surface area contributed by atoms with Gasteiger partial charge in [0.25, 0.3) is 0 Å². The molecule has 0 bridgehead atoms. The minimum absolute atomic E-state index is 0.0214. The number of rotatable bonds is 0. The van der Waals surface area contributed by atoms with Crippen molar-refractivity contribution >= 4 is 0 Å². The molecule has 0 aromatic carbocycles. The molecule has 2 heteroatoms. The summed E-state index contributed by atoms with van der Waals surface area (Å²) < 4.78 is 0. The number of aliphatic hydroxyl groups is 1. The smallest absolute Gasteiger partial charge is 0.0555 e. The van der Waals surface area contributed by atoms with E-state index in [2.05, 4.69) is 5.32 Å². The first kappa shape index (κ1) is 6.62. The maximum absolute atomic E-state index is 9.32. The molecule has 2 N–H and O–H groups in total. The zero-order chi connectivity index (χ0) is 6.97. The molecule has 0 amide bonds. The Morgan fingerprint density at radius 3 is 3.00 bits per heavy atom. The summed E-state index contributed by atoms with van der Waals surface area (Å²) in [6.07, 6.45) is 4.57. The molecule has 2 nitrogen and oxygen atoms in total. The highest BCUT2D eigenvalue weighted by Gasteiger charge is 2.32. The first-order valence-electron chi connectivity index (χ1n) is 4.28. The summed E-state index contributed by atoms with van der Waals surface area (Å²) in [7, 11) is 0. The maximum Gasteiger partial charge on any atom is 0.0555 e. The molecule has 58 valence electrons. The highest BCUT2D eigenvalue weighted by atomic mass is 16.3. The lowest BCUT2D eigenvalue weighted by molar-refractivity contribution is 0.0983. The van der Waals surface area contributed by atoms with E-state index in [1.807, 2.05) is 0 Å². The van der Waals surface area contributed by atoms with Crippen LogP contribution in [-0.2, 0) is 0 Å². The number of hydrogen-bond acceptors (Lipinski definition) is 2. The van der Waals surface area contributed by atoms with Crippen LogP contribution < -0.4 is 5.32 Å². The van der Waals surface area contributed by atoms with Gasteiger partial charge in [0.2, 0.25) is 0 Å². The second-order valence-corrected chi connectivity index (χ2v) is 3.58. The van der Waals surface area contributed by atoms with Crippen LogP contribution in [0.1, 0.15) is 25.7 Å². The van der Waals surface area contributed by atoms with Crippen molar-refractivity contribution in [3.63, 3.8) is 0 Å². The van der Waals surface area contributed by atoms with Gasteiger partial charge in [0.15, 0.2) is 0 Å². The lowest BCUT2D eigenvalue weighted by Gasteiger charge is -2.28. The molecule has 0 aromatic rings. The summed E-state index contributed by atoms with van der Waals surface area (Å²) in [5, 5.41) is 12.7. The predicted molar refractivity (Wildman–Crippen MR) is 39.8 cm³/mol. The number of hydrogen-bond donors (Lipinski definition) is 2. The standard InChI is InChI=1S/C8H15NO/c10-7-2-1-6-3-4-9-8(6)5-7/h6-10H,1-5H2/t6-,7-,8-/m0/s1. The predicted octanol–water partition coefficient (Wildman–Crippen LogP) is 0.509. The molecule has 1 aliphatic heterocycles. The Morgan fingerprint density at radius 2 is 2.10 bits per heavy atom. The van der Waals surface area contributed by atoms with Gasteiger partial charge in [-0.15, -0.1) is 0 Å². The van der Waals surface area contributed by atoms with E-state index >= 15 is 0 Å². The average molecular weight is 141 g/mol. The van der Waals surface area contributed by atoms with Crippen LogP contribution in [-0.4, -0.2) is 23.8 Å². The second-order valence-electron chi connectivity index (χ2n) is 3.58. The third kappa shape index (κ3) is 1.06. The Morgan fingerprint density at radius 1 is 1.20 bits per heavy atom. The normalized spacial score (nSPS) is 47.1. The van der Waals surface area contributed by atoms with E-state index in [4.69, 9.17) is 0 Å². The molecule has 0 aromatic heterocycles. The topological polar surface area (TPSA) is 32.3 Å². The van der Waals surface area contributed by atoms with E-state index in [-0.39, 0.29) is 6.10 Å². The Hall–Kier alpha value is -0.0800. The van der Waals surface area contributed by atoms with Gasteiger partial charge >= 0.3 is 0 Å². The van der Waals surface area contributed by atoms with Crippen molar-refractivity contribution in [2.75, 3.05) is 6.54 Å². The van der Waals surface area contributed by atoms with Crippen LogP contribution in [0.15, 0.2) is 0 Å². The molecule has 1 saturated carbocycles. The maximum atomic E-state index is 9.32. The van der Waals surface area contributed by atoms with Crippen LogP contribution in [0.25, 0.3) is 0 Å². The van der Waals surface area contributed by atoms with E-state index in [0.29, 0.717) is 6.04 Å². The Balaban J connectivity index is 1.96. The summed E-state index contributed by atoms with van der Waals surface area (Å²) in [6.45, 7) is 1.17. The largest absolute Gasteiger partial charge is 0.393 e. The van der Waals surface area contributed by atoms with Crippen LogP contribution in [0.2, 0.25) is 0 Å². The molecule has 10 heavy (non-hydrogen) atoms. The Labute approximate surface area is 61.6 Å². The molecule has 0 radical (unpaired) electrons. The van der Waals surface area contributed by atoms with Gasteiger partial charge in [-0.25, -0.2) is 0 Å². The van der Waals surface area contributed by atoms with Crippen molar-refractivity contribution in [1.29, 1.82) is 0 Å². The zero-order valence-corrected chi connectivity index (χ0v) is 6.21. The molecule has 1 heterocycles. The fourth-order valence-corrected chi connectivity index (χ4v) is 2.26. The van der Waals surface area contributed by atoms with Gasteiger partial charge in [-0.1, -0.05) is 0 Å². The van der Waals surface area contributed by atoms with E-state index in [1.165, 1.54) is 19.4 Å². The minimum Gasteiger partial charge on any atom is -0.393 e. The van der Waals surface area contributed by atoms with Crippen LogP contribution in [0, 0.1) is 5.92 Å². The van der Waals surface area contributed by atoms with E-state index < -0.39 is 0 Å². The third-order valence-corrected chi connectivity index (χ3v) is 2.89. The minimum atomic E-state index is -0.0214. The Bertz CT molecular complexity index is 126. The van der Waals surface area contributed by atoms with Crippen molar-refractivity contribution in [3.05, 3.63) is 0 Å². The molecule has 2 fully saturated rings. The average Bonchev–Trinajstić information content (AvgIpc) is 2.33. The van der Waals surface area contributed by atoms with E-state index in [9.17, 15) is 5.11 Å². The molecule has 2 aliphatic rings. The monoisotopic (exact) mass is 141 g/mol. The first-order valence-corrected chi connectivity index (χ1v) is 4.28. The molecule has 2 rings (SSSR count). The molecular formula is C8H15NO. The van der Waals surface area contributed by atoms with Crippen LogP contribution >= 0.6 is 0 Å². The van der Waals surface area contributed by atoms with Crippen LogP contribution in [0.3, 0.4) is 0 Å². The first-order chi connectivity index (χ1) is 4.86. The SMILES string of the molecule is O[C@H]1CC[C@H]2CCN[C@H]2C1. The third-order valence-electron chi connectivity index (χ3n) is 2.89. The molecule has 3 atom stereocenters. The van der Waals surface area contributed by atoms with E-state index in [0.717, 1.165) is 18.8 Å². The van der Waals surface area contributed by atoms with Gasteiger partial charge in [-0.05, 0) is 38.1 Å². The zero-order valence-electron chi connectivity index (χ0n) is 6.21. The number of nitrogens with one attached hydrogen (secondary N) is 1. The highest BCUT2D eigenvalue weighted by Crippen LogP contribution is 2.30. The second kappa shape index (κ2) is 2.51. The van der Waals surface area contributed by atoms with Gasteiger partial charge in [-0.3, -0.25) is 0 Å². The fourth-order valence-electron chi connectivity index (χ4n) is 2.26. The van der Waals surface area contributed by atoms with E-state index in [1.54, 1.807) is 0 Å². The molecule has 1 aliphatic carbocycles. The van der Waals surface area contributed by atoms with Crippen molar-refractivity contribution in [3.8, 4) is 0 Å². The van der Waals surface area contributed by atoms with Crippen molar-refractivity contribution < 1.29 is 5.11 Å². The molecule has 0 unspecified atom stereocenters. The van der Waals surface area contributed by atoms with Gasteiger partial charge < -0.3 is 10.4 Å². The lowest BCUT2D eigenvalue weighted by Crippen LogP contribution is -2.35. The summed E-state index contributed by atoms with van der Waals surface area (Å²) in [5.41, 5.74) is 0. The summed E-state index contributed by atoms with van der Waals surface area (Å²) in [4.78, 5) is 0. The molecule has 0 spiro atoms. The summed E-state index contributed by atoms with van der Waals surface area (Å²) >= 11 is 0. The number of aliphatic hydroxyl groups excluding tert-OH is 1. The van der Waals surface area contributed by atoms with Crippen LogP contribution in [0.5, 0.6) is 0 Å². The van der Waals surface area contributed by atoms with Crippen LogP contribution in [0.4, 0.5) is 0 Å². The molecule has 1 saturated heterocycles. The van der Waals surface area contributed by atoms with Gasteiger partial charge in [0.05, 0.1) is 6.10 Å². The lowest BCUT2D eigenvalue weighted by atomic mass is 9.84. The van der Waals surface area contributed by atoms with Crippen molar-refractivity contribution in [1.82, 2.24) is 5.32 Å². The summed E-state index contributed by atoms with van der Waals surface area (Å²) in [6, 6.07) is 0.642. The Kier molecular flexibility index (Phi) is 1.66. The fraction of sp³-hybridized carbons (Fsp3) is 1.00. The number of fused-ring (bicyclic) bond motifs is 1. The van der Waals surface area contributed by atoms with Crippen molar-refractivity contribution in [2.45, 2.75) is 37.8 Å². The van der Waals surface area contributed by atoms with Gasteiger partial charge in [0.1, 0.15) is 0 Å². The quantitative estimate of drug-likeness (QED) is 0.515. The molecular weight excluding hydrogens is 126 g/mol. The summed E-state index contributed by atoms with van der Waals surface area (Å²) in [5.74, 6) is 0.878.